The minimum Gasteiger partial charge on any atom is -0.481 e. The van der Waals surface area contributed by atoms with Gasteiger partial charge in [0.25, 0.3) is 5.91 Å². The minimum atomic E-state index is -0.722. The molecule has 0 heterocycles. The molecular weight excluding hydrogens is 376 g/mol. The summed E-state index contributed by atoms with van der Waals surface area (Å²) < 4.78 is 37.5. The highest BCUT2D eigenvalue weighted by Crippen LogP contribution is 2.17. The van der Waals surface area contributed by atoms with E-state index in [-0.39, 0.29) is 12.3 Å². The number of amides is 1. The monoisotopic (exact) mass is 397 g/mol. The van der Waals surface area contributed by atoms with Gasteiger partial charge in [-0.3, -0.25) is 4.79 Å². The van der Waals surface area contributed by atoms with Gasteiger partial charge in [-0.25, -0.2) is 8.78 Å². The second-order valence-electron chi connectivity index (χ2n) is 6.39. The zero-order chi connectivity index (χ0) is 20.5. The Balaban J connectivity index is 1.48. The Hall–Kier alpha value is -3.25. The van der Waals surface area contributed by atoms with Gasteiger partial charge in [0.15, 0.2) is 18.2 Å². The smallest absolute Gasteiger partial charge is 0.258 e. The van der Waals surface area contributed by atoms with Crippen LogP contribution in [0.5, 0.6) is 5.75 Å². The normalized spacial score (nSPS) is 10.6. The lowest BCUT2D eigenvalue weighted by Gasteiger charge is -2.12. The van der Waals surface area contributed by atoms with E-state index >= 15 is 0 Å². The molecule has 3 aromatic rings. The molecule has 0 aliphatic carbocycles. The van der Waals surface area contributed by atoms with Crippen molar-refractivity contribution in [2.24, 2.45) is 0 Å². The maximum absolute atomic E-state index is 13.5. The van der Waals surface area contributed by atoms with E-state index in [9.17, 15) is 13.6 Å². The van der Waals surface area contributed by atoms with E-state index in [4.69, 9.17) is 9.47 Å². The van der Waals surface area contributed by atoms with Crippen LogP contribution < -0.4 is 10.1 Å². The SMILES string of the molecule is O=C(COc1cc(F)ccc1F)NCc1ccccc1COCc1ccccc1. The number of rotatable bonds is 9. The van der Waals surface area contributed by atoms with Crippen LogP contribution in [-0.4, -0.2) is 12.5 Å². The second kappa shape index (κ2) is 10.3. The Morgan fingerprint density at radius 2 is 1.59 bits per heavy atom. The lowest BCUT2D eigenvalue weighted by atomic mass is 10.1. The molecule has 6 heteroatoms. The first-order chi connectivity index (χ1) is 14.1. The molecule has 29 heavy (non-hydrogen) atoms. The van der Waals surface area contributed by atoms with Gasteiger partial charge in [-0.2, -0.15) is 0 Å². The quantitative estimate of drug-likeness (QED) is 0.583. The van der Waals surface area contributed by atoms with E-state index in [1.165, 1.54) is 0 Å². The summed E-state index contributed by atoms with van der Waals surface area (Å²) in [5.41, 5.74) is 2.95. The van der Waals surface area contributed by atoms with Crippen molar-refractivity contribution >= 4 is 5.91 Å². The minimum absolute atomic E-state index is 0.276. The molecular formula is C23H21F2NO3. The van der Waals surface area contributed by atoms with Gasteiger partial charge in [-0.1, -0.05) is 54.6 Å². The summed E-state index contributed by atoms with van der Waals surface area (Å²) in [4.78, 5) is 12.0. The van der Waals surface area contributed by atoms with Crippen LogP contribution in [0.1, 0.15) is 16.7 Å². The Morgan fingerprint density at radius 3 is 2.38 bits per heavy atom. The average Bonchev–Trinajstić information content (AvgIpc) is 2.74. The average molecular weight is 397 g/mol. The first kappa shape index (κ1) is 20.5. The fraction of sp³-hybridized carbons (Fsp3) is 0.174. The molecule has 0 fully saturated rings. The number of ether oxygens (including phenoxy) is 2. The summed E-state index contributed by atoms with van der Waals surface area (Å²) in [6.45, 7) is 0.770. The van der Waals surface area contributed by atoms with Gasteiger partial charge in [-0.15, -0.1) is 0 Å². The summed E-state index contributed by atoms with van der Waals surface area (Å²) in [5, 5.41) is 2.72. The molecule has 0 aliphatic heterocycles. The largest absolute Gasteiger partial charge is 0.481 e. The van der Waals surface area contributed by atoms with Crippen molar-refractivity contribution in [2.75, 3.05) is 6.61 Å². The van der Waals surface area contributed by atoms with Crippen molar-refractivity contribution in [3.05, 3.63) is 101 Å². The molecule has 0 saturated heterocycles. The molecule has 0 radical (unpaired) electrons. The van der Waals surface area contributed by atoms with E-state index in [2.05, 4.69) is 5.32 Å². The van der Waals surface area contributed by atoms with Gasteiger partial charge >= 0.3 is 0 Å². The highest BCUT2D eigenvalue weighted by atomic mass is 19.1. The molecule has 1 amide bonds. The molecule has 0 aromatic heterocycles. The van der Waals surface area contributed by atoms with Crippen molar-refractivity contribution in [3.8, 4) is 5.75 Å². The lowest BCUT2D eigenvalue weighted by molar-refractivity contribution is -0.123. The number of hydrogen-bond acceptors (Lipinski definition) is 3. The van der Waals surface area contributed by atoms with Gasteiger partial charge < -0.3 is 14.8 Å². The predicted octanol–water partition coefficient (Wildman–Crippen LogP) is 4.38. The first-order valence-electron chi connectivity index (χ1n) is 9.15. The van der Waals surface area contributed by atoms with Crippen LogP contribution in [0.3, 0.4) is 0 Å². The van der Waals surface area contributed by atoms with Crippen LogP contribution in [0, 0.1) is 11.6 Å². The number of hydrogen-bond donors (Lipinski definition) is 1. The van der Waals surface area contributed by atoms with Crippen LogP contribution in [0.4, 0.5) is 8.78 Å². The molecule has 0 unspecified atom stereocenters. The number of halogens is 2. The highest BCUT2D eigenvalue weighted by Gasteiger charge is 2.09. The molecule has 0 aliphatic rings. The third kappa shape index (κ3) is 6.40. The molecule has 3 rings (SSSR count). The van der Waals surface area contributed by atoms with Crippen molar-refractivity contribution < 1.29 is 23.0 Å². The van der Waals surface area contributed by atoms with Gasteiger partial charge in [0.05, 0.1) is 13.2 Å². The van der Waals surface area contributed by atoms with Crippen LogP contribution in [0.2, 0.25) is 0 Å². The molecule has 0 bridgehead atoms. The number of nitrogens with one attached hydrogen (secondary N) is 1. The number of benzene rings is 3. The molecule has 0 spiro atoms. The summed E-state index contributed by atoms with van der Waals surface area (Å²) in [7, 11) is 0. The molecule has 3 aromatic carbocycles. The lowest BCUT2D eigenvalue weighted by Crippen LogP contribution is -2.29. The van der Waals surface area contributed by atoms with E-state index in [0.717, 1.165) is 34.9 Å². The van der Waals surface area contributed by atoms with E-state index < -0.39 is 24.1 Å². The summed E-state index contributed by atoms with van der Waals surface area (Å²) in [6, 6.07) is 20.3. The number of carbonyl (C=O) groups is 1. The third-order valence-corrected chi connectivity index (χ3v) is 4.22. The fourth-order valence-electron chi connectivity index (χ4n) is 2.70. The van der Waals surface area contributed by atoms with Crippen LogP contribution in [0.15, 0.2) is 72.8 Å². The number of carbonyl (C=O) groups excluding carboxylic acids is 1. The molecule has 4 nitrogen and oxygen atoms in total. The summed E-state index contributed by atoms with van der Waals surface area (Å²) in [5.74, 6) is -2.09. The first-order valence-corrected chi connectivity index (χ1v) is 9.15. The van der Waals surface area contributed by atoms with Crippen molar-refractivity contribution in [3.63, 3.8) is 0 Å². The molecule has 150 valence electrons. The van der Waals surface area contributed by atoms with E-state index in [1.54, 1.807) is 0 Å². The van der Waals surface area contributed by atoms with Crippen LogP contribution in [-0.2, 0) is 29.3 Å². The predicted molar refractivity (Wildman–Crippen MR) is 105 cm³/mol. The Kier molecular flexibility index (Phi) is 7.30. The van der Waals surface area contributed by atoms with Gasteiger partial charge in [0.2, 0.25) is 0 Å². The standard InChI is InChI=1S/C23H21F2NO3/c24-20-10-11-21(25)22(12-20)29-16-23(27)26-13-18-8-4-5-9-19(18)15-28-14-17-6-2-1-3-7-17/h1-12H,13-16H2,(H,26,27). The molecule has 0 saturated carbocycles. The second-order valence-corrected chi connectivity index (χ2v) is 6.39. The zero-order valence-corrected chi connectivity index (χ0v) is 15.7. The van der Waals surface area contributed by atoms with E-state index in [1.807, 2.05) is 54.6 Å². The van der Waals surface area contributed by atoms with Crippen molar-refractivity contribution in [1.29, 1.82) is 0 Å². The zero-order valence-electron chi connectivity index (χ0n) is 15.7. The van der Waals surface area contributed by atoms with Crippen LogP contribution >= 0.6 is 0 Å². The van der Waals surface area contributed by atoms with Crippen molar-refractivity contribution in [1.82, 2.24) is 5.32 Å². The Morgan fingerprint density at radius 1 is 0.862 bits per heavy atom. The molecule has 1 N–H and O–H groups in total. The van der Waals surface area contributed by atoms with Gasteiger partial charge in [0, 0.05) is 12.6 Å². The third-order valence-electron chi connectivity index (χ3n) is 4.22. The Bertz CT molecular complexity index is 948. The van der Waals surface area contributed by atoms with Gasteiger partial charge in [-0.05, 0) is 28.8 Å². The maximum Gasteiger partial charge on any atom is 0.258 e. The fourth-order valence-corrected chi connectivity index (χ4v) is 2.70. The maximum atomic E-state index is 13.5. The summed E-state index contributed by atoms with van der Waals surface area (Å²) >= 11 is 0. The topological polar surface area (TPSA) is 47.6 Å². The molecule has 0 atom stereocenters. The highest BCUT2D eigenvalue weighted by molar-refractivity contribution is 5.77. The van der Waals surface area contributed by atoms with E-state index in [0.29, 0.717) is 13.2 Å². The Labute approximate surface area is 168 Å². The van der Waals surface area contributed by atoms with Crippen molar-refractivity contribution in [2.45, 2.75) is 19.8 Å². The van der Waals surface area contributed by atoms with Crippen LogP contribution in [0.25, 0.3) is 0 Å². The summed E-state index contributed by atoms with van der Waals surface area (Å²) in [6.07, 6.45) is 0. The van der Waals surface area contributed by atoms with Gasteiger partial charge in [0.1, 0.15) is 5.82 Å².